The Morgan fingerprint density at radius 3 is 2.41 bits per heavy atom. The fraction of sp³-hybridized carbons (Fsp3) is 0.125. The van der Waals surface area contributed by atoms with E-state index in [0.29, 0.717) is 16.8 Å². The van der Waals surface area contributed by atoms with Crippen LogP contribution in [-0.2, 0) is 0 Å². The SMILES string of the molecule is N#Cc1ccc(NC(=O)NC[C@H](O)c2ccc(F)cc2)cc1. The van der Waals surface area contributed by atoms with Crippen molar-refractivity contribution in [3.05, 3.63) is 65.5 Å². The number of hydrogen-bond donors (Lipinski definition) is 3. The van der Waals surface area contributed by atoms with Crippen LogP contribution >= 0.6 is 0 Å². The van der Waals surface area contributed by atoms with E-state index in [1.807, 2.05) is 6.07 Å². The number of rotatable bonds is 4. The molecule has 2 aromatic carbocycles. The van der Waals surface area contributed by atoms with E-state index in [9.17, 15) is 14.3 Å². The molecule has 112 valence electrons. The first-order valence-corrected chi connectivity index (χ1v) is 6.57. The minimum atomic E-state index is -0.924. The second kappa shape index (κ2) is 7.20. The molecule has 0 bridgehead atoms. The van der Waals surface area contributed by atoms with Gasteiger partial charge in [-0.1, -0.05) is 12.1 Å². The van der Waals surface area contributed by atoms with Gasteiger partial charge in [-0.2, -0.15) is 5.26 Å². The molecule has 0 radical (unpaired) electrons. The number of aliphatic hydroxyl groups is 1. The maximum absolute atomic E-state index is 12.8. The van der Waals surface area contributed by atoms with E-state index in [2.05, 4.69) is 10.6 Å². The summed E-state index contributed by atoms with van der Waals surface area (Å²) in [5.74, 6) is -0.387. The van der Waals surface area contributed by atoms with Gasteiger partial charge in [-0.15, -0.1) is 0 Å². The topological polar surface area (TPSA) is 85.2 Å². The standard InChI is InChI=1S/C16H14FN3O2/c17-13-5-3-12(4-6-13)15(21)10-19-16(22)20-14-7-1-11(9-18)2-8-14/h1-8,15,21H,10H2,(H2,19,20,22)/t15-/m0/s1. The number of nitriles is 1. The van der Waals surface area contributed by atoms with Crippen LogP contribution in [0.5, 0.6) is 0 Å². The molecule has 2 aromatic rings. The summed E-state index contributed by atoms with van der Waals surface area (Å²) in [5, 5.41) is 23.7. The zero-order valence-corrected chi connectivity index (χ0v) is 11.6. The third kappa shape index (κ3) is 4.30. The summed E-state index contributed by atoms with van der Waals surface area (Å²) in [7, 11) is 0. The van der Waals surface area contributed by atoms with Crippen LogP contribution in [0.2, 0.25) is 0 Å². The number of nitrogens with one attached hydrogen (secondary N) is 2. The third-order valence-corrected chi connectivity index (χ3v) is 2.98. The van der Waals surface area contributed by atoms with Crippen molar-refractivity contribution in [3.8, 4) is 6.07 Å². The van der Waals surface area contributed by atoms with Crippen LogP contribution in [0.4, 0.5) is 14.9 Å². The Morgan fingerprint density at radius 1 is 1.18 bits per heavy atom. The van der Waals surface area contributed by atoms with Crippen molar-refractivity contribution < 1.29 is 14.3 Å². The molecule has 1 atom stereocenters. The van der Waals surface area contributed by atoms with E-state index < -0.39 is 12.1 Å². The van der Waals surface area contributed by atoms with Crippen LogP contribution in [0.3, 0.4) is 0 Å². The molecular weight excluding hydrogens is 285 g/mol. The zero-order chi connectivity index (χ0) is 15.9. The van der Waals surface area contributed by atoms with Gasteiger partial charge in [0.25, 0.3) is 0 Å². The molecule has 0 aliphatic rings. The molecule has 2 amide bonds. The van der Waals surface area contributed by atoms with Crippen LogP contribution in [0.25, 0.3) is 0 Å². The van der Waals surface area contributed by atoms with E-state index in [4.69, 9.17) is 5.26 Å². The average molecular weight is 299 g/mol. The van der Waals surface area contributed by atoms with Crippen LogP contribution in [0.1, 0.15) is 17.2 Å². The summed E-state index contributed by atoms with van der Waals surface area (Å²) in [6, 6.07) is 13.3. The Labute approximate surface area is 127 Å². The lowest BCUT2D eigenvalue weighted by atomic mass is 10.1. The van der Waals surface area contributed by atoms with Gasteiger partial charge in [-0.25, -0.2) is 9.18 Å². The molecule has 0 aromatic heterocycles. The summed E-state index contributed by atoms with van der Waals surface area (Å²) in [6.07, 6.45) is -0.924. The smallest absolute Gasteiger partial charge is 0.319 e. The van der Waals surface area contributed by atoms with E-state index in [-0.39, 0.29) is 12.4 Å². The normalized spacial score (nSPS) is 11.3. The first-order valence-electron chi connectivity index (χ1n) is 6.57. The van der Waals surface area contributed by atoms with Crippen molar-refractivity contribution in [3.63, 3.8) is 0 Å². The van der Waals surface area contributed by atoms with Gasteiger partial charge in [0.05, 0.1) is 17.7 Å². The summed E-state index contributed by atoms with van der Waals surface area (Å²) in [5.41, 5.74) is 1.55. The molecule has 0 saturated carbocycles. The molecule has 0 aliphatic heterocycles. The van der Waals surface area contributed by atoms with Gasteiger partial charge in [0.1, 0.15) is 5.82 Å². The summed E-state index contributed by atoms with van der Waals surface area (Å²) in [4.78, 5) is 11.7. The van der Waals surface area contributed by atoms with Gasteiger partial charge in [0.15, 0.2) is 0 Å². The minimum Gasteiger partial charge on any atom is -0.387 e. The Balaban J connectivity index is 1.84. The van der Waals surface area contributed by atoms with Gasteiger partial charge in [-0.3, -0.25) is 0 Å². The highest BCUT2D eigenvalue weighted by Crippen LogP contribution is 2.13. The number of hydrogen-bond acceptors (Lipinski definition) is 3. The molecule has 0 unspecified atom stereocenters. The number of aliphatic hydroxyl groups excluding tert-OH is 1. The molecule has 0 aliphatic carbocycles. The summed E-state index contributed by atoms with van der Waals surface area (Å²) in [6.45, 7) is -0.00621. The summed E-state index contributed by atoms with van der Waals surface area (Å²) >= 11 is 0. The van der Waals surface area contributed by atoms with Crippen molar-refractivity contribution in [2.75, 3.05) is 11.9 Å². The van der Waals surface area contributed by atoms with Crippen LogP contribution < -0.4 is 10.6 Å². The van der Waals surface area contributed by atoms with E-state index in [1.54, 1.807) is 24.3 Å². The highest BCUT2D eigenvalue weighted by atomic mass is 19.1. The van der Waals surface area contributed by atoms with Gasteiger partial charge in [0, 0.05) is 12.2 Å². The van der Waals surface area contributed by atoms with Gasteiger partial charge in [-0.05, 0) is 42.0 Å². The molecular formula is C16H14FN3O2. The quantitative estimate of drug-likeness (QED) is 0.811. The Morgan fingerprint density at radius 2 is 1.82 bits per heavy atom. The average Bonchev–Trinajstić information content (AvgIpc) is 2.54. The number of benzene rings is 2. The molecule has 0 spiro atoms. The minimum absolute atomic E-state index is 0.00621. The number of carbonyl (C=O) groups excluding carboxylic acids is 1. The lowest BCUT2D eigenvalue weighted by Gasteiger charge is -2.13. The lowest BCUT2D eigenvalue weighted by Crippen LogP contribution is -2.32. The number of carbonyl (C=O) groups is 1. The predicted octanol–water partition coefficient (Wildman–Crippen LogP) is 2.55. The number of halogens is 1. The highest BCUT2D eigenvalue weighted by Gasteiger charge is 2.09. The molecule has 6 heteroatoms. The largest absolute Gasteiger partial charge is 0.387 e. The number of nitrogens with zero attached hydrogens (tertiary/aromatic N) is 1. The van der Waals surface area contributed by atoms with Gasteiger partial charge < -0.3 is 15.7 Å². The van der Waals surface area contributed by atoms with Crippen LogP contribution in [0.15, 0.2) is 48.5 Å². The van der Waals surface area contributed by atoms with Crippen molar-refractivity contribution in [1.82, 2.24) is 5.32 Å². The van der Waals surface area contributed by atoms with Gasteiger partial charge in [0.2, 0.25) is 0 Å². The van der Waals surface area contributed by atoms with Crippen molar-refractivity contribution in [2.24, 2.45) is 0 Å². The maximum atomic E-state index is 12.8. The maximum Gasteiger partial charge on any atom is 0.319 e. The van der Waals surface area contributed by atoms with Crippen molar-refractivity contribution in [2.45, 2.75) is 6.10 Å². The second-order valence-electron chi connectivity index (χ2n) is 4.59. The van der Waals surface area contributed by atoms with E-state index in [1.165, 1.54) is 24.3 Å². The first-order chi connectivity index (χ1) is 10.6. The fourth-order valence-corrected chi connectivity index (χ4v) is 1.80. The number of anilines is 1. The summed E-state index contributed by atoms with van der Waals surface area (Å²) < 4.78 is 12.8. The molecule has 0 heterocycles. The zero-order valence-electron chi connectivity index (χ0n) is 11.6. The van der Waals surface area contributed by atoms with Crippen molar-refractivity contribution >= 4 is 11.7 Å². The number of amides is 2. The molecule has 0 fully saturated rings. The molecule has 22 heavy (non-hydrogen) atoms. The lowest BCUT2D eigenvalue weighted by molar-refractivity contribution is 0.175. The molecule has 3 N–H and O–H groups in total. The molecule has 2 rings (SSSR count). The molecule has 0 saturated heterocycles. The number of urea groups is 1. The van der Waals surface area contributed by atoms with Crippen LogP contribution in [-0.4, -0.2) is 17.7 Å². The Hall–Kier alpha value is -2.91. The highest BCUT2D eigenvalue weighted by molar-refractivity contribution is 5.89. The first kappa shape index (κ1) is 15.5. The second-order valence-corrected chi connectivity index (χ2v) is 4.59. The Bertz CT molecular complexity index is 678. The predicted molar refractivity (Wildman–Crippen MR) is 79.5 cm³/mol. The Kier molecular flexibility index (Phi) is 5.07. The van der Waals surface area contributed by atoms with E-state index >= 15 is 0 Å². The molecule has 5 nitrogen and oxygen atoms in total. The third-order valence-electron chi connectivity index (χ3n) is 2.98. The van der Waals surface area contributed by atoms with Crippen LogP contribution in [0, 0.1) is 17.1 Å². The van der Waals surface area contributed by atoms with E-state index in [0.717, 1.165) is 0 Å². The monoisotopic (exact) mass is 299 g/mol. The van der Waals surface area contributed by atoms with Gasteiger partial charge >= 0.3 is 6.03 Å². The fourth-order valence-electron chi connectivity index (χ4n) is 1.80. The van der Waals surface area contributed by atoms with Crippen molar-refractivity contribution in [1.29, 1.82) is 5.26 Å².